The van der Waals surface area contributed by atoms with Crippen LogP contribution in [0.5, 0.6) is 0 Å². The fourth-order valence-corrected chi connectivity index (χ4v) is 1.03. The van der Waals surface area contributed by atoms with Crippen molar-refractivity contribution in [2.24, 2.45) is 5.92 Å². The molecule has 0 aliphatic rings. The molecule has 0 spiro atoms. The van der Waals surface area contributed by atoms with Crippen molar-refractivity contribution in [1.82, 2.24) is 5.32 Å². The highest BCUT2D eigenvalue weighted by atomic mass is 16.5. The second-order valence-electron chi connectivity index (χ2n) is 4.22. The molecule has 0 saturated carbocycles. The van der Waals surface area contributed by atoms with Crippen molar-refractivity contribution in [3.63, 3.8) is 0 Å². The summed E-state index contributed by atoms with van der Waals surface area (Å²) in [5, 5.41) is 3.34. The Hall–Kier alpha value is -0.830. The molecule has 0 aliphatic heterocycles. The van der Waals surface area contributed by atoms with Crippen molar-refractivity contribution in [3.05, 3.63) is 12.2 Å². The van der Waals surface area contributed by atoms with E-state index in [4.69, 9.17) is 4.74 Å². The molecule has 0 aromatic carbocycles. The lowest BCUT2D eigenvalue weighted by Crippen LogP contribution is -2.21. The number of esters is 1. The lowest BCUT2D eigenvalue weighted by atomic mass is 10.2. The van der Waals surface area contributed by atoms with Gasteiger partial charge in [0.25, 0.3) is 0 Å². The van der Waals surface area contributed by atoms with Gasteiger partial charge in [-0.15, -0.1) is 0 Å². The Kier molecular flexibility index (Phi) is 8.01. The van der Waals surface area contributed by atoms with E-state index in [1.54, 1.807) is 6.92 Å². The minimum atomic E-state index is -0.287. The van der Waals surface area contributed by atoms with Crippen molar-refractivity contribution in [3.8, 4) is 0 Å². The number of rotatable bonds is 8. The van der Waals surface area contributed by atoms with Gasteiger partial charge in [0.15, 0.2) is 0 Å². The van der Waals surface area contributed by atoms with Gasteiger partial charge in [-0.1, -0.05) is 20.4 Å². The normalized spacial score (nSPS) is 10.4. The van der Waals surface area contributed by atoms with E-state index < -0.39 is 0 Å². The van der Waals surface area contributed by atoms with Crippen LogP contribution in [-0.2, 0) is 9.53 Å². The van der Waals surface area contributed by atoms with Gasteiger partial charge >= 0.3 is 5.97 Å². The molecule has 1 N–H and O–H groups in total. The van der Waals surface area contributed by atoms with E-state index in [0.29, 0.717) is 18.1 Å². The summed E-state index contributed by atoms with van der Waals surface area (Å²) in [7, 11) is 0. The molecule has 0 aromatic heterocycles. The Morgan fingerprint density at radius 2 is 2.07 bits per heavy atom. The summed E-state index contributed by atoms with van der Waals surface area (Å²) in [5.74, 6) is 0.399. The summed E-state index contributed by atoms with van der Waals surface area (Å²) in [6.07, 6.45) is 1.94. The molecule has 0 atom stereocenters. The predicted octanol–water partition coefficient (Wildman–Crippen LogP) is 2.13. The van der Waals surface area contributed by atoms with Crippen LogP contribution >= 0.6 is 0 Å². The molecular weight excluding hydrogens is 190 g/mol. The third-order valence-electron chi connectivity index (χ3n) is 1.88. The fraction of sp³-hybridized carbons (Fsp3) is 0.750. The maximum Gasteiger partial charge on any atom is 0.333 e. The number of nitrogens with one attached hydrogen (secondary N) is 1. The summed E-state index contributed by atoms with van der Waals surface area (Å²) in [6, 6.07) is 0. The molecule has 0 aromatic rings. The summed E-state index contributed by atoms with van der Waals surface area (Å²) in [4.78, 5) is 11.0. The molecule has 88 valence electrons. The summed E-state index contributed by atoms with van der Waals surface area (Å²) in [6.45, 7) is 12.1. The van der Waals surface area contributed by atoms with Gasteiger partial charge in [-0.3, -0.25) is 0 Å². The van der Waals surface area contributed by atoms with Crippen molar-refractivity contribution >= 4 is 5.97 Å². The van der Waals surface area contributed by atoms with Gasteiger partial charge in [0.1, 0.15) is 0 Å². The molecule has 0 aliphatic carbocycles. The quantitative estimate of drug-likeness (QED) is 0.381. The highest BCUT2D eigenvalue weighted by Gasteiger charge is 2.01. The van der Waals surface area contributed by atoms with Crippen molar-refractivity contribution < 1.29 is 9.53 Å². The van der Waals surface area contributed by atoms with Gasteiger partial charge in [0, 0.05) is 5.57 Å². The first kappa shape index (κ1) is 14.2. The average molecular weight is 213 g/mol. The molecule has 0 heterocycles. The van der Waals surface area contributed by atoms with E-state index in [9.17, 15) is 4.79 Å². The van der Waals surface area contributed by atoms with Crippen LogP contribution in [0.2, 0.25) is 0 Å². The highest BCUT2D eigenvalue weighted by Crippen LogP contribution is 1.95. The number of unbranched alkanes of at least 4 members (excludes halogenated alkanes) is 1. The zero-order valence-corrected chi connectivity index (χ0v) is 10.1. The molecular formula is C12H23NO2. The first-order chi connectivity index (χ1) is 7.04. The molecule has 0 fully saturated rings. The maximum absolute atomic E-state index is 11.0. The third kappa shape index (κ3) is 9.47. The Balaban J connectivity index is 3.18. The lowest BCUT2D eigenvalue weighted by molar-refractivity contribution is -0.139. The number of carbonyl (C=O) groups excluding carboxylic acids is 1. The van der Waals surface area contributed by atoms with Crippen LogP contribution in [0.4, 0.5) is 0 Å². The van der Waals surface area contributed by atoms with Crippen LogP contribution in [0.3, 0.4) is 0 Å². The van der Waals surface area contributed by atoms with Crippen LogP contribution in [0, 0.1) is 5.92 Å². The second-order valence-corrected chi connectivity index (χ2v) is 4.22. The minimum Gasteiger partial charge on any atom is -0.462 e. The molecule has 0 rings (SSSR count). The molecule has 0 amide bonds. The summed E-state index contributed by atoms with van der Waals surface area (Å²) >= 11 is 0. The Labute approximate surface area is 92.9 Å². The Bertz CT molecular complexity index is 200. The van der Waals surface area contributed by atoms with Gasteiger partial charge in [0.05, 0.1) is 6.61 Å². The minimum absolute atomic E-state index is 0.287. The standard InChI is InChI=1S/C12H23NO2/c1-10(2)9-13-7-5-6-8-15-12(14)11(3)4/h10,13H,3,5-9H2,1-2,4H3. The number of hydrogen-bond donors (Lipinski definition) is 1. The van der Waals surface area contributed by atoms with Crippen LogP contribution in [0.15, 0.2) is 12.2 Å². The van der Waals surface area contributed by atoms with Gasteiger partial charge in [0.2, 0.25) is 0 Å². The summed E-state index contributed by atoms with van der Waals surface area (Å²) in [5.41, 5.74) is 0.466. The molecule has 0 saturated heterocycles. The molecule has 0 unspecified atom stereocenters. The molecule has 0 bridgehead atoms. The third-order valence-corrected chi connectivity index (χ3v) is 1.88. The van der Waals surface area contributed by atoms with Gasteiger partial charge in [-0.05, 0) is 38.8 Å². The van der Waals surface area contributed by atoms with Gasteiger partial charge in [-0.2, -0.15) is 0 Å². The zero-order chi connectivity index (χ0) is 11.7. The average Bonchev–Trinajstić information content (AvgIpc) is 2.15. The van der Waals surface area contributed by atoms with Crippen LogP contribution < -0.4 is 5.32 Å². The first-order valence-electron chi connectivity index (χ1n) is 5.57. The van der Waals surface area contributed by atoms with E-state index in [1.165, 1.54) is 0 Å². The Morgan fingerprint density at radius 1 is 1.40 bits per heavy atom. The predicted molar refractivity (Wildman–Crippen MR) is 62.7 cm³/mol. The SMILES string of the molecule is C=C(C)C(=O)OCCCCNCC(C)C. The molecule has 0 radical (unpaired) electrons. The number of ether oxygens (including phenoxy) is 1. The first-order valence-corrected chi connectivity index (χ1v) is 5.57. The van der Waals surface area contributed by atoms with Gasteiger partial charge < -0.3 is 10.1 Å². The van der Waals surface area contributed by atoms with E-state index in [-0.39, 0.29) is 5.97 Å². The van der Waals surface area contributed by atoms with E-state index in [1.807, 2.05) is 0 Å². The fourth-order valence-electron chi connectivity index (χ4n) is 1.03. The number of carbonyl (C=O) groups is 1. The maximum atomic E-state index is 11.0. The van der Waals surface area contributed by atoms with Crippen LogP contribution in [0.25, 0.3) is 0 Å². The van der Waals surface area contributed by atoms with Crippen molar-refractivity contribution in [1.29, 1.82) is 0 Å². The van der Waals surface area contributed by atoms with E-state index >= 15 is 0 Å². The molecule has 3 nitrogen and oxygen atoms in total. The van der Waals surface area contributed by atoms with Crippen LogP contribution in [0.1, 0.15) is 33.6 Å². The topological polar surface area (TPSA) is 38.3 Å². The largest absolute Gasteiger partial charge is 0.462 e. The molecule has 15 heavy (non-hydrogen) atoms. The number of hydrogen-bond acceptors (Lipinski definition) is 3. The van der Waals surface area contributed by atoms with E-state index in [0.717, 1.165) is 25.9 Å². The lowest BCUT2D eigenvalue weighted by Gasteiger charge is -2.07. The molecule has 3 heteroatoms. The van der Waals surface area contributed by atoms with Crippen molar-refractivity contribution in [2.75, 3.05) is 19.7 Å². The summed E-state index contributed by atoms with van der Waals surface area (Å²) < 4.78 is 4.96. The van der Waals surface area contributed by atoms with Gasteiger partial charge in [-0.25, -0.2) is 4.79 Å². The Morgan fingerprint density at radius 3 is 2.60 bits per heavy atom. The van der Waals surface area contributed by atoms with Crippen molar-refractivity contribution in [2.45, 2.75) is 33.6 Å². The van der Waals surface area contributed by atoms with E-state index in [2.05, 4.69) is 25.7 Å². The smallest absolute Gasteiger partial charge is 0.333 e. The van der Waals surface area contributed by atoms with Crippen LogP contribution in [-0.4, -0.2) is 25.7 Å². The highest BCUT2D eigenvalue weighted by molar-refractivity contribution is 5.86. The zero-order valence-electron chi connectivity index (χ0n) is 10.1. The second kappa shape index (κ2) is 8.48. The monoisotopic (exact) mass is 213 g/mol.